The van der Waals surface area contributed by atoms with Crippen molar-refractivity contribution in [2.24, 2.45) is 0 Å². The van der Waals surface area contributed by atoms with Gasteiger partial charge in [-0.05, 0) is 13.3 Å². The van der Waals surface area contributed by atoms with E-state index in [0.717, 1.165) is 5.01 Å². The molecule has 2 heterocycles. The quantitative estimate of drug-likeness (QED) is 0.716. The lowest BCUT2D eigenvalue weighted by Crippen LogP contribution is -2.29. The summed E-state index contributed by atoms with van der Waals surface area (Å²) in [6.07, 6.45) is 0.275. The molecule has 0 spiro atoms. The summed E-state index contributed by atoms with van der Waals surface area (Å²) in [5.74, 6) is -0.118. The van der Waals surface area contributed by atoms with Crippen molar-refractivity contribution in [3.63, 3.8) is 0 Å². The first-order valence-corrected chi connectivity index (χ1v) is 5.26. The molecule has 2 rings (SSSR count). The van der Waals surface area contributed by atoms with E-state index in [1.54, 1.807) is 4.90 Å². The highest BCUT2D eigenvalue weighted by atomic mass is 32.1. The number of hydrogen-bond donors (Lipinski definition) is 1. The van der Waals surface area contributed by atoms with Gasteiger partial charge < -0.3 is 10.0 Å². The van der Waals surface area contributed by atoms with Gasteiger partial charge in [0, 0.05) is 13.1 Å². The van der Waals surface area contributed by atoms with E-state index in [9.17, 15) is 9.90 Å². The molecule has 0 aromatic carbocycles. The zero-order valence-electron chi connectivity index (χ0n) is 7.80. The summed E-state index contributed by atoms with van der Waals surface area (Å²) in [4.78, 5) is 13.3. The van der Waals surface area contributed by atoms with Crippen LogP contribution >= 0.6 is 11.3 Å². The standard InChI is InChI=1S/C8H11N3O2S/c1-5-9-10-7(14-5)8(13)11-3-2-6(12)4-11/h6,12H,2-4H2,1H3/t6-/m1/s1. The van der Waals surface area contributed by atoms with E-state index in [1.807, 2.05) is 6.92 Å². The van der Waals surface area contributed by atoms with Crippen molar-refractivity contribution in [1.29, 1.82) is 0 Å². The maximum absolute atomic E-state index is 11.7. The van der Waals surface area contributed by atoms with Gasteiger partial charge in [0.15, 0.2) is 0 Å². The van der Waals surface area contributed by atoms with Crippen molar-refractivity contribution >= 4 is 17.2 Å². The Balaban J connectivity index is 2.09. The Kier molecular flexibility index (Phi) is 2.47. The number of aryl methyl sites for hydroxylation is 1. The van der Waals surface area contributed by atoms with E-state index < -0.39 is 0 Å². The minimum absolute atomic E-state index is 0.118. The van der Waals surface area contributed by atoms with E-state index in [2.05, 4.69) is 10.2 Å². The fourth-order valence-electron chi connectivity index (χ4n) is 1.44. The summed E-state index contributed by atoms with van der Waals surface area (Å²) in [6, 6.07) is 0. The Morgan fingerprint density at radius 1 is 1.64 bits per heavy atom. The number of aliphatic hydroxyl groups excluding tert-OH is 1. The zero-order valence-corrected chi connectivity index (χ0v) is 8.62. The second-order valence-electron chi connectivity index (χ2n) is 3.32. The van der Waals surface area contributed by atoms with Crippen molar-refractivity contribution in [2.45, 2.75) is 19.4 Å². The molecule has 1 aliphatic rings. The summed E-state index contributed by atoms with van der Waals surface area (Å²) in [5.41, 5.74) is 0. The van der Waals surface area contributed by atoms with E-state index in [1.165, 1.54) is 11.3 Å². The minimum Gasteiger partial charge on any atom is -0.391 e. The van der Waals surface area contributed by atoms with Crippen LogP contribution in [0.15, 0.2) is 0 Å². The molecule has 1 fully saturated rings. The maximum atomic E-state index is 11.7. The largest absolute Gasteiger partial charge is 0.391 e. The third-order valence-electron chi connectivity index (χ3n) is 2.16. The van der Waals surface area contributed by atoms with E-state index in [4.69, 9.17) is 0 Å². The van der Waals surface area contributed by atoms with Crippen molar-refractivity contribution < 1.29 is 9.90 Å². The Hall–Kier alpha value is -1.01. The lowest BCUT2D eigenvalue weighted by molar-refractivity contribution is 0.0764. The van der Waals surface area contributed by atoms with Crippen LogP contribution in [0.5, 0.6) is 0 Å². The maximum Gasteiger partial charge on any atom is 0.284 e. The zero-order chi connectivity index (χ0) is 10.1. The van der Waals surface area contributed by atoms with Crippen LogP contribution in [0.4, 0.5) is 0 Å². The molecule has 5 nitrogen and oxygen atoms in total. The number of likely N-dealkylation sites (tertiary alicyclic amines) is 1. The van der Waals surface area contributed by atoms with Crippen molar-refractivity contribution in [2.75, 3.05) is 13.1 Å². The molecular formula is C8H11N3O2S. The number of β-amino-alcohol motifs (C(OH)–C–C–N with tert-alkyl or cyclic N) is 1. The number of hydrogen-bond acceptors (Lipinski definition) is 5. The van der Waals surface area contributed by atoms with E-state index in [0.29, 0.717) is 24.5 Å². The lowest BCUT2D eigenvalue weighted by atomic mass is 10.3. The minimum atomic E-state index is -0.382. The predicted molar refractivity (Wildman–Crippen MR) is 51.2 cm³/mol. The number of aliphatic hydroxyl groups is 1. The summed E-state index contributed by atoms with van der Waals surface area (Å²) in [5, 5.41) is 18.0. The summed E-state index contributed by atoms with van der Waals surface area (Å²) in [7, 11) is 0. The molecule has 0 unspecified atom stereocenters. The molecule has 76 valence electrons. The Morgan fingerprint density at radius 2 is 2.43 bits per heavy atom. The average Bonchev–Trinajstić information content (AvgIpc) is 2.73. The van der Waals surface area contributed by atoms with Gasteiger partial charge in [-0.2, -0.15) is 0 Å². The molecule has 1 saturated heterocycles. The second-order valence-corrected chi connectivity index (χ2v) is 4.50. The van der Waals surface area contributed by atoms with E-state index in [-0.39, 0.29) is 12.0 Å². The molecule has 0 aliphatic carbocycles. The van der Waals surface area contributed by atoms with Crippen molar-refractivity contribution in [3.8, 4) is 0 Å². The number of amides is 1. The third-order valence-corrected chi connectivity index (χ3v) is 2.99. The van der Waals surface area contributed by atoms with Crippen molar-refractivity contribution in [1.82, 2.24) is 15.1 Å². The van der Waals surface area contributed by atoms with Crippen LogP contribution in [0.25, 0.3) is 0 Å². The number of rotatable bonds is 1. The van der Waals surface area contributed by atoms with Gasteiger partial charge in [0.1, 0.15) is 5.01 Å². The molecular weight excluding hydrogens is 202 g/mol. The molecule has 1 aromatic rings. The Morgan fingerprint density at radius 3 is 2.93 bits per heavy atom. The van der Waals surface area contributed by atoms with Gasteiger partial charge in [0.2, 0.25) is 5.01 Å². The highest BCUT2D eigenvalue weighted by Crippen LogP contribution is 2.15. The molecule has 1 amide bonds. The molecule has 1 atom stereocenters. The summed E-state index contributed by atoms with van der Waals surface area (Å²) in [6.45, 7) is 2.84. The first-order valence-electron chi connectivity index (χ1n) is 4.44. The van der Waals surface area contributed by atoms with Crippen molar-refractivity contribution in [3.05, 3.63) is 10.0 Å². The smallest absolute Gasteiger partial charge is 0.284 e. The molecule has 1 aromatic heterocycles. The van der Waals surface area contributed by atoms with Crippen LogP contribution in [0.2, 0.25) is 0 Å². The van der Waals surface area contributed by atoms with Gasteiger partial charge in [-0.15, -0.1) is 10.2 Å². The lowest BCUT2D eigenvalue weighted by Gasteiger charge is -2.12. The van der Waals surface area contributed by atoms with Gasteiger partial charge in [-0.25, -0.2) is 0 Å². The molecule has 0 saturated carbocycles. The number of carbonyl (C=O) groups is 1. The first-order chi connectivity index (χ1) is 6.66. The third kappa shape index (κ3) is 1.76. The summed E-state index contributed by atoms with van der Waals surface area (Å²) < 4.78 is 0. The second kappa shape index (κ2) is 3.62. The predicted octanol–water partition coefficient (Wildman–Crippen LogP) is 0.0533. The highest BCUT2D eigenvalue weighted by Gasteiger charge is 2.27. The number of aromatic nitrogens is 2. The summed E-state index contributed by atoms with van der Waals surface area (Å²) >= 11 is 1.29. The van der Waals surface area contributed by atoms with Crippen LogP contribution in [0.3, 0.4) is 0 Å². The average molecular weight is 213 g/mol. The first kappa shape index (κ1) is 9.54. The number of nitrogens with zero attached hydrogens (tertiary/aromatic N) is 3. The molecule has 0 bridgehead atoms. The SMILES string of the molecule is Cc1nnc(C(=O)N2CC[C@@H](O)C2)s1. The molecule has 14 heavy (non-hydrogen) atoms. The van der Waals surface area contributed by atoms with Crippen LogP contribution in [-0.2, 0) is 0 Å². The molecule has 0 radical (unpaired) electrons. The van der Waals surface area contributed by atoms with Crippen LogP contribution in [0.1, 0.15) is 21.2 Å². The van der Waals surface area contributed by atoms with Crippen LogP contribution in [-0.4, -0.2) is 45.3 Å². The molecule has 1 N–H and O–H groups in total. The molecule has 1 aliphatic heterocycles. The Labute approximate surface area is 85.4 Å². The fraction of sp³-hybridized carbons (Fsp3) is 0.625. The monoisotopic (exact) mass is 213 g/mol. The highest BCUT2D eigenvalue weighted by molar-refractivity contribution is 7.13. The van der Waals surface area contributed by atoms with Gasteiger partial charge >= 0.3 is 0 Å². The fourth-order valence-corrected chi connectivity index (χ4v) is 2.10. The van der Waals surface area contributed by atoms with Gasteiger partial charge in [-0.3, -0.25) is 4.79 Å². The van der Waals surface area contributed by atoms with Crippen LogP contribution < -0.4 is 0 Å². The van der Waals surface area contributed by atoms with Gasteiger partial charge in [0.05, 0.1) is 6.10 Å². The Bertz CT molecular complexity index is 352. The normalized spacial score (nSPS) is 21.6. The van der Waals surface area contributed by atoms with Gasteiger partial charge in [-0.1, -0.05) is 11.3 Å². The van der Waals surface area contributed by atoms with E-state index >= 15 is 0 Å². The number of carbonyl (C=O) groups excluding carboxylic acids is 1. The van der Waals surface area contributed by atoms with Crippen LogP contribution in [0, 0.1) is 6.92 Å². The topological polar surface area (TPSA) is 66.3 Å². The van der Waals surface area contributed by atoms with Gasteiger partial charge in [0.25, 0.3) is 5.91 Å². The molecule has 6 heteroatoms.